The lowest BCUT2D eigenvalue weighted by molar-refractivity contribution is 0.0961. The number of halogens is 1. The van der Waals surface area contributed by atoms with Crippen LogP contribution in [0.5, 0.6) is 5.75 Å². The molecule has 1 N–H and O–H groups in total. The summed E-state index contributed by atoms with van der Waals surface area (Å²) in [4.78, 5) is 29.0. The molecule has 0 spiro atoms. The van der Waals surface area contributed by atoms with Gasteiger partial charge in [0.25, 0.3) is 0 Å². The van der Waals surface area contributed by atoms with Gasteiger partial charge in [0.15, 0.2) is 11.6 Å². The number of carbonyl (C=O) groups excluding carboxylic acids is 2. The topological polar surface area (TPSA) is 81.4 Å². The molecule has 0 radical (unpaired) electrons. The molecule has 6 nitrogen and oxygen atoms in total. The zero-order chi connectivity index (χ0) is 16.6. The second-order valence-corrected chi connectivity index (χ2v) is 5.63. The molecule has 3 rings (SSSR count). The quantitative estimate of drug-likeness (QED) is 0.880. The molecule has 0 aliphatic heterocycles. The van der Waals surface area contributed by atoms with Crippen molar-refractivity contribution < 1.29 is 18.7 Å². The molecule has 1 aliphatic carbocycles. The lowest BCUT2D eigenvalue weighted by Crippen LogP contribution is -2.23. The Bertz CT molecular complexity index is 821. The number of hydrogen-bond acceptors (Lipinski definition) is 6. The van der Waals surface area contributed by atoms with Gasteiger partial charge in [0.2, 0.25) is 17.3 Å². The lowest BCUT2D eigenvalue weighted by Gasteiger charge is -2.15. The van der Waals surface area contributed by atoms with Crippen molar-refractivity contribution in [3.05, 3.63) is 51.8 Å². The number of Topliss-reactive ketones (excluding diaryl/α,β-unsaturated/α-hetero) is 2. The Kier molecular flexibility index (Phi) is 4.04. The van der Waals surface area contributed by atoms with Crippen LogP contribution < -0.4 is 10.1 Å². The van der Waals surface area contributed by atoms with E-state index in [0.29, 0.717) is 23.7 Å². The summed E-state index contributed by atoms with van der Waals surface area (Å²) in [6.45, 7) is 1.84. The van der Waals surface area contributed by atoms with Gasteiger partial charge in [0, 0.05) is 12.1 Å². The van der Waals surface area contributed by atoms with Crippen molar-refractivity contribution >= 4 is 33.2 Å². The number of nitrogens with one attached hydrogen (secondary N) is 1. The van der Waals surface area contributed by atoms with Gasteiger partial charge in [0.05, 0.1) is 11.6 Å². The van der Waals surface area contributed by atoms with Crippen LogP contribution in [0.1, 0.15) is 33.9 Å². The number of aryl methyl sites for hydroxylation is 1. The Morgan fingerprint density at radius 2 is 1.91 bits per heavy atom. The number of benzene rings is 1. The fraction of sp³-hybridized carbons (Fsp3) is 0.188. The number of ether oxygens (including phenoxy) is 1. The maximum atomic E-state index is 12.6. The predicted octanol–water partition coefficient (Wildman–Crippen LogP) is 3.34. The van der Waals surface area contributed by atoms with E-state index in [2.05, 4.69) is 26.2 Å². The van der Waals surface area contributed by atoms with Crippen molar-refractivity contribution in [1.29, 1.82) is 0 Å². The minimum absolute atomic E-state index is 0.0222. The van der Waals surface area contributed by atoms with Gasteiger partial charge in [-0.25, -0.2) is 4.98 Å². The number of nitrogens with zero attached hydrogens (tertiary/aromatic N) is 1. The average Bonchev–Trinajstić information content (AvgIpc) is 3.02. The summed E-state index contributed by atoms with van der Waals surface area (Å²) >= 11 is 3.19. The maximum absolute atomic E-state index is 12.6. The summed E-state index contributed by atoms with van der Waals surface area (Å²) in [5.74, 6) is 0.252. The Labute approximate surface area is 140 Å². The van der Waals surface area contributed by atoms with E-state index in [1.165, 1.54) is 0 Å². The molecular weight excluding hydrogens is 364 g/mol. The van der Waals surface area contributed by atoms with Gasteiger partial charge in [-0.15, -0.1) is 0 Å². The van der Waals surface area contributed by atoms with Crippen LogP contribution in [0.2, 0.25) is 0 Å². The summed E-state index contributed by atoms with van der Waals surface area (Å²) in [5, 5.41) is 2.95. The van der Waals surface area contributed by atoms with Crippen molar-refractivity contribution in [1.82, 2.24) is 4.98 Å². The largest absolute Gasteiger partial charge is 0.497 e. The highest BCUT2D eigenvalue weighted by atomic mass is 79.9. The van der Waals surface area contributed by atoms with Crippen molar-refractivity contribution in [3.63, 3.8) is 0 Å². The second-order valence-electron chi connectivity index (χ2n) is 4.84. The number of oxazole rings is 1. The van der Waals surface area contributed by atoms with Crippen LogP contribution in [0.15, 0.2) is 38.9 Å². The predicted molar refractivity (Wildman–Crippen MR) is 87.1 cm³/mol. The van der Waals surface area contributed by atoms with Gasteiger partial charge < -0.3 is 14.5 Å². The molecule has 118 valence electrons. The highest BCUT2D eigenvalue weighted by molar-refractivity contribution is 9.12. The summed E-state index contributed by atoms with van der Waals surface area (Å²) < 4.78 is 10.6. The van der Waals surface area contributed by atoms with E-state index < -0.39 is 5.78 Å². The number of carbonyl (C=O) groups is 2. The van der Waals surface area contributed by atoms with Crippen LogP contribution in [0.4, 0.5) is 5.69 Å². The molecule has 23 heavy (non-hydrogen) atoms. The third-order valence-corrected chi connectivity index (χ3v) is 4.16. The van der Waals surface area contributed by atoms with E-state index in [0.717, 1.165) is 0 Å². The SMILES string of the molecule is CCc1nc2c(o1)C(=O)C(Nc1ccc(OC)cc1)=C(Br)C2=O. The van der Waals surface area contributed by atoms with Crippen LogP contribution in [-0.4, -0.2) is 23.7 Å². The summed E-state index contributed by atoms with van der Waals surface area (Å²) in [5.41, 5.74) is 0.836. The summed E-state index contributed by atoms with van der Waals surface area (Å²) in [6.07, 6.45) is 0.506. The molecule has 0 atom stereocenters. The van der Waals surface area contributed by atoms with E-state index in [1.54, 1.807) is 31.4 Å². The number of hydrogen-bond donors (Lipinski definition) is 1. The highest BCUT2D eigenvalue weighted by Crippen LogP contribution is 2.31. The van der Waals surface area contributed by atoms with E-state index >= 15 is 0 Å². The first-order valence-electron chi connectivity index (χ1n) is 6.95. The van der Waals surface area contributed by atoms with Crippen molar-refractivity contribution in [2.24, 2.45) is 0 Å². The van der Waals surface area contributed by atoms with E-state index in [4.69, 9.17) is 9.15 Å². The van der Waals surface area contributed by atoms with E-state index in [9.17, 15) is 9.59 Å². The first kappa shape index (κ1) is 15.5. The smallest absolute Gasteiger partial charge is 0.248 e. The zero-order valence-corrected chi connectivity index (χ0v) is 14.1. The molecule has 2 aromatic rings. The fourth-order valence-electron chi connectivity index (χ4n) is 2.18. The number of aromatic nitrogens is 1. The number of fused-ring (bicyclic) bond motifs is 1. The van der Waals surface area contributed by atoms with Gasteiger partial charge in [-0.3, -0.25) is 9.59 Å². The van der Waals surface area contributed by atoms with Gasteiger partial charge in [-0.05, 0) is 40.2 Å². The summed E-state index contributed by atoms with van der Waals surface area (Å²) in [7, 11) is 1.57. The van der Waals surface area contributed by atoms with E-state index in [1.807, 2.05) is 6.92 Å². The molecule has 7 heteroatoms. The van der Waals surface area contributed by atoms with Gasteiger partial charge in [0.1, 0.15) is 11.4 Å². The molecule has 0 fully saturated rings. The van der Waals surface area contributed by atoms with Crippen LogP contribution in [0.25, 0.3) is 0 Å². The first-order chi connectivity index (χ1) is 11.0. The van der Waals surface area contributed by atoms with Crippen LogP contribution in [-0.2, 0) is 6.42 Å². The highest BCUT2D eigenvalue weighted by Gasteiger charge is 2.36. The third kappa shape index (κ3) is 2.68. The van der Waals surface area contributed by atoms with Gasteiger partial charge >= 0.3 is 0 Å². The Morgan fingerprint density at radius 3 is 2.52 bits per heavy atom. The molecular formula is C16H13BrN2O4. The molecule has 0 saturated heterocycles. The maximum Gasteiger partial charge on any atom is 0.248 e. The number of ketones is 2. The molecule has 1 heterocycles. The second kappa shape index (κ2) is 6.00. The number of methoxy groups -OCH3 is 1. The molecule has 0 unspecified atom stereocenters. The van der Waals surface area contributed by atoms with Crippen molar-refractivity contribution in [2.45, 2.75) is 13.3 Å². The zero-order valence-electron chi connectivity index (χ0n) is 12.5. The Balaban J connectivity index is 1.96. The number of allylic oxidation sites excluding steroid dienone is 2. The van der Waals surface area contributed by atoms with Crippen LogP contribution in [0, 0.1) is 0 Å². The molecule has 1 aromatic carbocycles. The van der Waals surface area contributed by atoms with Crippen LogP contribution in [0.3, 0.4) is 0 Å². The monoisotopic (exact) mass is 376 g/mol. The van der Waals surface area contributed by atoms with E-state index in [-0.39, 0.29) is 27.4 Å². The molecule has 0 saturated carbocycles. The molecule has 0 amide bonds. The van der Waals surface area contributed by atoms with Gasteiger partial charge in [-0.2, -0.15) is 0 Å². The van der Waals surface area contributed by atoms with Crippen LogP contribution >= 0.6 is 15.9 Å². The minimum Gasteiger partial charge on any atom is -0.497 e. The molecule has 0 bridgehead atoms. The minimum atomic E-state index is -0.408. The first-order valence-corrected chi connectivity index (χ1v) is 7.74. The number of anilines is 1. The fourth-order valence-corrected chi connectivity index (χ4v) is 2.65. The molecule has 1 aliphatic rings. The summed E-state index contributed by atoms with van der Waals surface area (Å²) in [6, 6.07) is 7.00. The van der Waals surface area contributed by atoms with Gasteiger partial charge in [-0.1, -0.05) is 6.92 Å². The Hall–Kier alpha value is -2.41. The average molecular weight is 377 g/mol. The third-order valence-electron chi connectivity index (χ3n) is 3.40. The lowest BCUT2D eigenvalue weighted by atomic mass is 10.0. The van der Waals surface area contributed by atoms with Crippen molar-refractivity contribution in [3.8, 4) is 5.75 Å². The standard InChI is InChI=1S/C16H13BrN2O4/c1-3-10-19-13-14(20)11(17)12(15(21)16(13)23-10)18-8-4-6-9(22-2)7-5-8/h4-7,18H,3H2,1-2H3. The normalized spacial score (nSPS) is 14.0. The number of rotatable bonds is 4. The van der Waals surface area contributed by atoms with Crippen molar-refractivity contribution in [2.75, 3.05) is 12.4 Å². The Morgan fingerprint density at radius 1 is 1.22 bits per heavy atom. The molecule has 1 aromatic heterocycles.